The van der Waals surface area contributed by atoms with Crippen molar-refractivity contribution in [2.45, 2.75) is 56.7 Å². The van der Waals surface area contributed by atoms with Gasteiger partial charge in [0.2, 0.25) is 11.8 Å². The van der Waals surface area contributed by atoms with Crippen LogP contribution < -0.4 is 0 Å². The van der Waals surface area contributed by atoms with Crippen molar-refractivity contribution in [1.29, 1.82) is 0 Å². The molecule has 134 valence electrons. The van der Waals surface area contributed by atoms with E-state index in [1.807, 2.05) is 23.1 Å². The van der Waals surface area contributed by atoms with Gasteiger partial charge in [-0.05, 0) is 43.9 Å². The van der Waals surface area contributed by atoms with Crippen LogP contribution in [0.15, 0.2) is 24.5 Å². The van der Waals surface area contributed by atoms with E-state index in [9.17, 15) is 14.4 Å². The molecule has 2 atom stereocenters. The van der Waals surface area contributed by atoms with Gasteiger partial charge in [0, 0.05) is 36.5 Å². The van der Waals surface area contributed by atoms with Gasteiger partial charge in [-0.25, -0.2) is 4.98 Å². The second-order valence-electron chi connectivity index (χ2n) is 7.51. The minimum Gasteiger partial charge on any atom is -0.345 e. The van der Waals surface area contributed by atoms with Crippen LogP contribution in [0.4, 0.5) is 0 Å². The fourth-order valence-electron chi connectivity index (χ4n) is 4.91. The van der Waals surface area contributed by atoms with Crippen LogP contribution in [0, 0.1) is 0 Å². The average Bonchev–Trinajstić information content (AvgIpc) is 3.30. The van der Waals surface area contributed by atoms with Crippen LogP contribution in [0.5, 0.6) is 0 Å². The Bertz CT molecular complexity index is 890. The zero-order chi connectivity index (χ0) is 17.8. The molecule has 4 heterocycles. The summed E-state index contributed by atoms with van der Waals surface area (Å²) in [5.41, 5.74) is 2.35. The number of fused-ring (bicyclic) bond motifs is 3. The highest BCUT2D eigenvalue weighted by Crippen LogP contribution is 2.39. The lowest BCUT2D eigenvalue weighted by molar-refractivity contribution is -0.142. The number of hydrogen-bond donors (Lipinski definition) is 1. The van der Waals surface area contributed by atoms with Gasteiger partial charge in [0.1, 0.15) is 0 Å². The molecule has 3 saturated heterocycles. The summed E-state index contributed by atoms with van der Waals surface area (Å²) >= 11 is 0. The number of imidazole rings is 1. The van der Waals surface area contributed by atoms with Gasteiger partial charge in [-0.2, -0.15) is 0 Å². The van der Waals surface area contributed by atoms with E-state index in [-0.39, 0.29) is 35.8 Å². The number of benzene rings is 1. The number of aromatic amines is 1. The van der Waals surface area contributed by atoms with Crippen LogP contribution in [-0.4, -0.2) is 55.6 Å². The number of piperidine rings is 1. The van der Waals surface area contributed by atoms with Crippen molar-refractivity contribution in [2.75, 3.05) is 0 Å². The molecule has 0 aliphatic carbocycles. The molecule has 2 aromatic rings. The van der Waals surface area contributed by atoms with Gasteiger partial charge in [0.15, 0.2) is 0 Å². The highest BCUT2D eigenvalue weighted by Gasteiger charge is 2.47. The Labute approximate surface area is 150 Å². The highest BCUT2D eigenvalue weighted by molar-refractivity contribution is 6.02. The standard InChI is InChI=1S/C19H20N4O3/c24-17-5-6-18(25)23(17)14-8-12-2-3-13(9-14)22(12)19(26)11-1-4-15-16(7-11)21-10-20-15/h1,4,7,10,12-14H,2-3,5-6,8-9H2,(H,20,21). The molecule has 1 N–H and O–H groups in total. The first-order valence-electron chi connectivity index (χ1n) is 9.22. The first-order valence-corrected chi connectivity index (χ1v) is 9.22. The summed E-state index contributed by atoms with van der Waals surface area (Å²) in [4.78, 5) is 48.0. The molecule has 1 aromatic heterocycles. The first kappa shape index (κ1) is 15.5. The van der Waals surface area contributed by atoms with Crippen LogP contribution in [0.1, 0.15) is 48.9 Å². The number of carbonyl (C=O) groups is 3. The molecule has 1 aromatic carbocycles. The third-order valence-electron chi connectivity index (χ3n) is 6.07. The number of likely N-dealkylation sites (tertiary alicyclic amines) is 1. The lowest BCUT2D eigenvalue weighted by Crippen LogP contribution is -2.53. The molecule has 0 radical (unpaired) electrons. The molecule has 0 saturated carbocycles. The van der Waals surface area contributed by atoms with Gasteiger partial charge in [-0.1, -0.05) is 0 Å². The number of carbonyl (C=O) groups excluding carboxylic acids is 3. The van der Waals surface area contributed by atoms with Crippen molar-refractivity contribution in [1.82, 2.24) is 19.8 Å². The van der Waals surface area contributed by atoms with E-state index in [1.165, 1.54) is 4.90 Å². The number of H-pyrrole nitrogens is 1. The van der Waals surface area contributed by atoms with Gasteiger partial charge in [0.25, 0.3) is 5.91 Å². The highest BCUT2D eigenvalue weighted by atomic mass is 16.2. The molecule has 3 amide bonds. The van der Waals surface area contributed by atoms with Crippen LogP contribution in [0.25, 0.3) is 11.0 Å². The van der Waals surface area contributed by atoms with E-state index in [4.69, 9.17) is 0 Å². The van der Waals surface area contributed by atoms with Crippen molar-refractivity contribution in [3.63, 3.8) is 0 Å². The molecule has 2 unspecified atom stereocenters. The van der Waals surface area contributed by atoms with Gasteiger partial charge >= 0.3 is 0 Å². The zero-order valence-electron chi connectivity index (χ0n) is 14.4. The summed E-state index contributed by atoms with van der Waals surface area (Å²) in [7, 11) is 0. The summed E-state index contributed by atoms with van der Waals surface area (Å²) in [5, 5.41) is 0. The molecule has 3 aliphatic rings. The Hall–Kier alpha value is -2.70. The van der Waals surface area contributed by atoms with E-state index < -0.39 is 0 Å². The monoisotopic (exact) mass is 352 g/mol. The summed E-state index contributed by atoms with van der Waals surface area (Å²) < 4.78 is 0. The lowest BCUT2D eigenvalue weighted by Gasteiger charge is -2.41. The number of aromatic nitrogens is 2. The SMILES string of the molecule is O=C1CCC(=O)N1C1CC2CCC(C1)N2C(=O)c1ccc2nc[nH]c2c1. The van der Waals surface area contributed by atoms with E-state index in [1.54, 1.807) is 6.33 Å². The van der Waals surface area contributed by atoms with Crippen LogP contribution in [-0.2, 0) is 9.59 Å². The van der Waals surface area contributed by atoms with Gasteiger partial charge in [-0.15, -0.1) is 0 Å². The largest absolute Gasteiger partial charge is 0.345 e. The maximum absolute atomic E-state index is 13.1. The molecule has 3 fully saturated rings. The summed E-state index contributed by atoms with van der Waals surface area (Å²) in [6, 6.07) is 5.69. The Balaban J connectivity index is 1.39. The second-order valence-corrected chi connectivity index (χ2v) is 7.51. The van der Waals surface area contributed by atoms with Crippen molar-refractivity contribution in [3.05, 3.63) is 30.1 Å². The third-order valence-corrected chi connectivity index (χ3v) is 6.07. The number of hydrogen-bond acceptors (Lipinski definition) is 4. The maximum atomic E-state index is 13.1. The van der Waals surface area contributed by atoms with Gasteiger partial charge < -0.3 is 9.88 Å². The van der Waals surface area contributed by atoms with Crippen molar-refractivity contribution >= 4 is 28.8 Å². The predicted octanol–water partition coefficient (Wildman–Crippen LogP) is 1.85. The first-order chi connectivity index (χ1) is 12.6. The Kier molecular flexibility index (Phi) is 3.38. The van der Waals surface area contributed by atoms with Crippen molar-refractivity contribution in [2.24, 2.45) is 0 Å². The summed E-state index contributed by atoms with van der Waals surface area (Å²) in [5.74, 6) is -0.0701. The number of amides is 3. The normalized spacial score (nSPS) is 28.4. The van der Waals surface area contributed by atoms with Gasteiger partial charge in [0.05, 0.1) is 17.4 Å². The van der Waals surface area contributed by atoms with Crippen LogP contribution >= 0.6 is 0 Å². The van der Waals surface area contributed by atoms with E-state index in [0.717, 1.165) is 23.9 Å². The van der Waals surface area contributed by atoms with E-state index in [0.29, 0.717) is 31.2 Å². The molecule has 0 spiro atoms. The Morgan fingerprint density at radius 2 is 1.73 bits per heavy atom. The molecule has 7 nitrogen and oxygen atoms in total. The van der Waals surface area contributed by atoms with E-state index in [2.05, 4.69) is 9.97 Å². The number of nitrogens with one attached hydrogen (secondary N) is 1. The quantitative estimate of drug-likeness (QED) is 0.836. The predicted molar refractivity (Wildman–Crippen MR) is 93.2 cm³/mol. The lowest BCUT2D eigenvalue weighted by atomic mass is 9.95. The minimum absolute atomic E-state index is 0.0338. The number of imide groups is 1. The van der Waals surface area contributed by atoms with Crippen molar-refractivity contribution in [3.8, 4) is 0 Å². The van der Waals surface area contributed by atoms with Crippen LogP contribution in [0.2, 0.25) is 0 Å². The van der Waals surface area contributed by atoms with Crippen LogP contribution in [0.3, 0.4) is 0 Å². The molecular formula is C19H20N4O3. The summed E-state index contributed by atoms with van der Waals surface area (Å²) in [6.45, 7) is 0. The van der Waals surface area contributed by atoms with Crippen molar-refractivity contribution < 1.29 is 14.4 Å². The average molecular weight is 352 g/mol. The Morgan fingerprint density at radius 3 is 2.42 bits per heavy atom. The molecule has 7 heteroatoms. The molecule has 3 aliphatic heterocycles. The third kappa shape index (κ3) is 2.26. The molecular weight excluding hydrogens is 332 g/mol. The van der Waals surface area contributed by atoms with Gasteiger partial charge in [-0.3, -0.25) is 19.3 Å². The smallest absolute Gasteiger partial charge is 0.254 e. The maximum Gasteiger partial charge on any atom is 0.254 e. The van der Waals surface area contributed by atoms with E-state index >= 15 is 0 Å². The minimum atomic E-state index is -0.0520. The fraction of sp³-hybridized carbons (Fsp3) is 0.474. The Morgan fingerprint density at radius 1 is 1.04 bits per heavy atom. The topological polar surface area (TPSA) is 86.4 Å². The molecule has 2 bridgehead atoms. The number of rotatable bonds is 2. The summed E-state index contributed by atoms with van der Waals surface area (Å²) in [6.07, 6.45) is 5.57. The second kappa shape index (κ2) is 5.65. The number of nitrogens with zero attached hydrogens (tertiary/aromatic N) is 3. The molecule has 5 rings (SSSR count). The molecule has 26 heavy (non-hydrogen) atoms. The zero-order valence-corrected chi connectivity index (χ0v) is 14.4. The fourth-order valence-corrected chi connectivity index (χ4v) is 4.91.